The van der Waals surface area contributed by atoms with Crippen molar-refractivity contribution < 1.29 is 0 Å². The predicted octanol–water partition coefficient (Wildman–Crippen LogP) is 2.90. The molecule has 5 rings (SSSR count). The number of benzene rings is 2. The van der Waals surface area contributed by atoms with Crippen LogP contribution in [0.4, 0.5) is 0 Å². The molecule has 26 heavy (non-hydrogen) atoms. The van der Waals surface area contributed by atoms with Crippen molar-refractivity contribution in [1.29, 1.82) is 0 Å². The molecular formula is C20H22ClN5. The maximum absolute atomic E-state index is 4.52. The quantitative estimate of drug-likeness (QED) is 0.773. The first kappa shape index (κ1) is 17.2. The summed E-state index contributed by atoms with van der Waals surface area (Å²) in [6.45, 7) is 3.89. The zero-order valence-electron chi connectivity index (χ0n) is 14.5. The first-order chi connectivity index (χ1) is 12.4. The fourth-order valence-corrected chi connectivity index (χ4v) is 4.08. The van der Waals surface area contributed by atoms with Crippen LogP contribution >= 0.6 is 12.4 Å². The molecule has 1 N–H and O–H groups in total. The largest absolute Gasteiger partial charge is 0.305 e. The number of nitrogens with one attached hydrogen (secondary N) is 1. The fraction of sp³-hybridized carbons (Fsp3) is 0.300. The minimum atomic E-state index is 0. The van der Waals surface area contributed by atoms with Gasteiger partial charge in [0.15, 0.2) is 0 Å². The van der Waals surface area contributed by atoms with Crippen molar-refractivity contribution in [2.45, 2.75) is 25.2 Å². The predicted molar refractivity (Wildman–Crippen MR) is 104 cm³/mol. The lowest BCUT2D eigenvalue weighted by atomic mass is 10.1. The van der Waals surface area contributed by atoms with E-state index in [4.69, 9.17) is 0 Å². The van der Waals surface area contributed by atoms with Crippen LogP contribution in [0.3, 0.4) is 0 Å². The monoisotopic (exact) mass is 367 g/mol. The summed E-state index contributed by atoms with van der Waals surface area (Å²) in [6, 6.07) is 21.8. The molecular weight excluding hydrogens is 346 g/mol. The maximum Gasteiger partial charge on any atom is 0.117 e. The van der Waals surface area contributed by atoms with Gasteiger partial charge in [-0.15, -0.1) is 17.5 Å². The number of rotatable bonds is 3. The molecule has 134 valence electrons. The van der Waals surface area contributed by atoms with Gasteiger partial charge < -0.3 is 5.32 Å². The van der Waals surface area contributed by atoms with Crippen molar-refractivity contribution in [2.24, 2.45) is 0 Å². The van der Waals surface area contributed by atoms with Crippen LogP contribution in [0.25, 0.3) is 11.3 Å². The molecule has 0 bridgehead atoms. The molecule has 6 heteroatoms. The van der Waals surface area contributed by atoms with Crippen molar-refractivity contribution >= 4 is 12.4 Å². The van der Waals surface area contributed by atoms with Crippen LogP contribution < -0.4 is 5.32 Å². The second kappa shape index (κ2) is 7.19. The Bertz CT molecular complexity index is 864. The molecule has 3 heterocycles. The Morgan fingerprint density at radius 2 is 1.69 bits per heavy atom. The van der Waals surface area contributed by atoms with Crippen LogP contribution in [-0.2, 0) is 13.1 Å². The van der Waals surface area contributed by atoms with Crippen LogP contribution in [-0.4, -0.2) is 39.0 Å². The number of halogens is 1. The Morgan fingerprint density at radius 1 is 0.962 bits per heavy atom. The van der Waals surface area contributed by atoms with E-state index in [2.05, 4.69) is 79.8 Å². The third kappa shape index (κ3) is 3.03. The second-order valence-corrected chi connectivity index (χ2v) is 6.93. The highest BCUT2D eigenvalue weighted by Gasteiger charge is 2.39. The van der Waals surface area contributed by atoms with Crippen molar-refractivity contribution in [3.05, 3.63) is 71.9 Å². The topological polar surface area (TPSA) is 46.0 Å². The molecule has 1 saturated heterocycles. The molecule has 0 unspecified atom stereocenters. The van der Waals surface area contributed by atoms with Gasteiger partial charge in [0.25, 0.3) is 0 Å². The number of hydrogen-bond acceptors (Lipinski definition) is 4. The average molecular weight is 368 g/mol. The molecule has 2 aliphatic rings. The highest BCUT2D eigenvalue weighted by atomic mass is 35.5. The highest BCUT2D eigenvalue weighted by Crippen LogP contribution is 2.31. The van der Waals surface area contributed by atoms with E-state index in [1.54, 1.807) is 0 Å². The Morgan fingerprint density at radius 3 is 2.46 bits per heavy atom. The standard InChI is InChI=1S/C20H21N5.ClH/c1-3-7-15(8-4-1)12-24-13-17-19(14-24)25-18(11-21-17)20(22-23-25)16-9-5-2-6-10-16;/h1-10,17,19,21H,11-14H2;1H/t17-,19-;/m0./s1. The maximum atomic E-state index is 4.52. The van der Waals surface area contributed by atoms with Crippen molar-refractivity contribution in [3.63, 3.8) is 0 Å². The van der Waals surface area contributed by atoms with Crippen LogP contribution in [0.15, 0.2) is 60.7 Å². The number of nitrogens with zero attached hydrogens (tertiary/aromatic N) is 4. The number of aromatic nitrogens is 3. The lowest BCUT2D eigenvalue weighted by molar-refractivity contribution is 0.307. The summed E-state index contributed by atoms with van der Waals surface area (Å²) < 4.78 is 2.16. The van der Waals surface area contributed by atoms with Gasteiger partial charge in [-0.1, -0.05) is 65.9 Å². The Hall–Kier alpha value is -2.21. The fourth-order valence-electron chi connectivity index (χ4n) is 4.08. The molecule has 0 aliphatic carbocycles. The van der Waals surface area contributed by atoms with E-state index in [-0.39, 0.29) is 12.4 Å². The van der Waals surface area contributed by atoms with Crippen molar-refractivity contribution in [3.8, 4) is 11.3 Å². The number of likely N-dealkylation sites (tertiary alicyclic amines) is 1. The molecule has 0 saturated carbocycles. The Kier molecular flexibility index (Phi) is 4.76. The van der Waals surface area contributed by atoms with E-state index in [1.807, 2.05) is 6.07 Å². The van der Waals surface area contributed by atoms with E-state index in [1.165, 1.54) is 11.3 Å². The lowest BCUT2D eigenvalue weighted by Gasteiger charge is -2.27. The molecule has 2 aromatic carbocycles. The van der Waals surface area contributed by atoms with Crippen LogP contribution in [0.5, 0.6) is 0 Å². The van der Waals surface area contributed by atoms with Gasteiger partial charge in [0.1, 0.15) is 5.69 Å². The molecule has 3 aromatic rings. The van der Waals surface area contributed by atoms with E-state index in [0.717, 1.165) is 37.4 Å². The molecule has 1 fully saturated rings. The summed E-state index contributed by atoms with van der Waals surface area (Å²) in [5.41, 5.74) is 4.72. The van der Waals surface area contributed by atoms with Crippen molar-refractivity contribution in [1.82, 2.24) is 25.2 Å². The van der Waals surface area contributed by atoms with Gasteiger partial charge in [-0.05, 0) is 5.56 Å². The summed E-state index contributed by atoms with van der Waals surface area (Å²) in [6.07, 6.45) is 0. The molecule has 2 atom stereocenters. The van der Waals surface area contributed by atoms with Gasteiger partial charge in [-0.3, -0.25) is 4.90 Å². The van der Waals surface area contributed by atoms with E-state index < -0.39 is 0 Å². The molecule has 0 amide bonds. The lowest BCUT2D eigenvalue weighted by Crippen LogP contribution is -2.42. The zero-order valence-corrected chi connectivity index (χ0v) is 15.3. The summed E-state index contributed by atoms with van der Waals surface area (Å²) in [5, 5.41) is 12.7. The van der Waals surface area contributed by atoms with E-state index in [0.29, 0.717) is 12.1 Å². The van der Waals surface area contributed by atoms with E-state index in [9.17, 15) is 0 Å². The first-order valence-corrected chi connectivity index (χ1v) is 8.87. The Labute approximate surface area is 159 Å². The molecule has 0 spiro atoms. The highest BCUT2D eigenvalue weighted by molar-refractivity contribution is 5.85. The molecule has 2 aliphatic heterocycles. The smallest absolute Gasteiger partial charge is 0.117 e. The molecule has 1 aromatic heterocycles. The van der Waals surface area contributed by atoms with Crippen LogP contribution in [0.2, 0.25) is 0 Å². The van der Waals surface area contributed by atoms with Crippen LogP contribution in [0, 0.1) is 0 Å². The SMILES string of the molecule is Cl.c1ccc(CN2C[C@@H]3NCc4c(-c5ccccc5)nnn4[C@H]3C2)cc1. The van der Waals surface area contributed by atoms with Gasteiger partial charge in [0.2, 0.25) is 0 Å². The van der Waals surface area contributed by atoms with Crippen LogP contribution in [0.1, 0.15) is 17.3 Å². The molecule has 0 radical (unpaired) electrons. The third-order valence-corrected chi connectivity index (χ3v) is 5.30. The Balaban J connectivity index is 0.00000168. The first-order valence-electron chi connectivity index (χ1n) is 8.87. The van der Waals surface area contributed by atoms with Gasteiger partial charge >= 0.3 is 0 Å². The zero-order chi connectivity index (χ0) is 16.6. The number of fused-ring (bicyclic) bond motifs is 3. The summed E-state index contributed by atoms with van der Waals surface area (Å²) in [5.74, 6) is 0. The van der Waals surface area contributed by atoms with Gasteiger partial charge in [-0.25, -0.2) is 4.68 Å². The third-order valence-electron chi connectivity index (χ3n) is 5.30. The number of hydrogen-bond donors (Lipinski definition) is 1. The van der Waals surface area contributed by atoms with Gasteiger partial charge in [-0.2, -0.15) is 0 Å². The van der Waals surface area contributed by atoms with Gasteiger partial charge in [0, 0.05) is 37.8 Å². The normalized spacial score (nSPS) is 21.7. The van der Waals surface area contributed by atoms with E-state index >= 15 is 0 Å². The minimum absolute atomic E-state index is 0. The van der Waals surface area contributed by atoms with Crippen molar-refractivity contribution in [2.75, 3.05) is 13.1 Å². The summed E-state index contributed by atoms with van der Waals surface area (Å²) >= 11 is 0. The second-order valence-electron chi connectivity index (χ2n) is 6.93. The average Bonchev–Trinajstić information content (AvgIpc) is 3.26. The summed E-state index contributed by atoms with van der Waals surface area (Å²) in [7, 11) is 0. The summed E-state index contributed by atoms with van der Waals surface area (Å²) in [4.78, 5) is 2.51. The molecule has 5 nitrogen and oxygen atoms in total. The minimum Gasteiger partial charge on any atom is -0.305 e. The van der Waals surface area contributed by atoms with Gasteiger partial charge in [0.05, 0.1) is 11.7 Å².